The van der Waals surface area contributed by atoms with Gasteiger partial charge in [-0.05, 0) is 44.6 Å². The van der Waals surface area contributed by atoms with Crippen LogP contribution < -0.4 is 10.6 Å². The predicted molar refractivity (Wildman–Crippen MR) is 99.5 cm³/mol. The van der Waals surface area contributed by atoms with Crippen molar-refractivity contribution in [2.24, 2.45) is 11.8 Å². The third-order valence-electron chi connectivity index (χ3n) is 4.24. The lowest BCUT2D eigenvalue weighted by Gasteiger charge is -2.27. The van der Waals surface area contributed by atoms with Crippen molar-refractivity contribution in [3.8, 4) is 0 Å². The molecule has 0 bridgehead atoms. The van der Waals surface area contributed by atoms with Gasteiger partial charge >= 0.3 is 0 Å². The molecule has 1 heterocycles. The molecule has 1 rings (SSSR count). The maximum absolute atomic E-state index is 11.2. The van der Waals surface area contributed by atoms with Crippen molar-refractivity contribution in [1.82, 2.24) is 13.7 Å². The van der Waals surface area contributed by atoms with Crippen LogP contribution in [0.1, 0.15) is 32.1 Å². The second-order valence-electron chi connectivity index (χ2n) is 6.17. The molecule has 1 aliphatic heterocycles. The maximum atomic E-state index is 11.2. The van der Waals surface area contributed by atoms with Gasteiger partial charge in [0, 0.05) is 62.1 Å². The number of hydrogen-bond donors (Lipinski definition) is 2. The van der Waals surface area contributed by atoms with E-state index in [1.54, 1.807) is 0 Å². The first-order valence-corrected chi connectivity index (χ1v) is 9.44. The molecule has 1 atom stereocenters. The quantitative estimate of drug-likeness (QED) is 0.208. The van der Waals surface area contributed by atoms with Crippen LogP contribution >= 0.6 is 22.9 Å². The van der Waals surface area contributed by atoms with E-state index >= 15 is 0 Å². The van der Waals surface area contributed by atoms with E-state index in [-0.39, 0.29) is 18.4 Å². The fraction of sp³-hybridized carbons (Fsp3) is 0.875. The molecule has 0 saturated carbocycles. The highest BCUT2D eigenvalue weighted by atomic mass is 127. The number of hydrogen-bond acceptors (Lipinski definition) is 5. The fourth-order valence-corrected chi connectivity index (χ4v) is 3.33. The van der Waals surface area contributed by atoms with E-state index in [9.17, 15) is 9.59 Å². The largest absolute Gasteiger partial charge is 0.375 e. The van der Waals surface area contributed by atoms with Gasteiger partial charge in [0.1, 0.15) is 12.9 Å². The molecule has 0 radical (unpaired) electrons. The number of halogens is 1. The average Bonchev–Trinajstić information content (AvgIpc) is 2.55. The van der Waals surface area contributed by atoms with Crippen LogP contribution in [0.25, 0.3) is 0 Å². The standard InChI is InChI=1S/C16H30IN3O3/c1-23-13-16(22)19-7-2-3-15(12-21)11-18-8-4-14-5-9-20(17)10-6-14/h12,14-15,18H,2-11,13H2,1H3,(H,19,22). The van der Waals surface area contributed by atoms with Crippen LogP contribution in [-0.4, -0.2) is 61.7 Å². The summed E-state index contributed by atoms with van der Waals surface area (Å²) in [6, 6.07) is 0. The molecule has 1 unspecified atom stereocenters. The van der Waals surface area contributed by atoms with Gasteiger partial charge in [0.15, 0.2) is 0 Å². The summed E-state index contributed by atoms with van der Waals surface area (Å²) in [7, 11) is 1.50. The van der Waals surface area contributed by atoms with Crippen LogP contribution in [0.15, 0.2) is 0 Å². The Morgan fingerprint density at radius 1 is 1.39 bits per heavy atom. The number of carbonyl (C=O) groups excluding carboxylic acids is 2. The summed E-state index contributed by atoms with van der Waals surface area (Å²) < 4.78 is 7.10. The number of rotatable bonds is 12. The Kier molecular flexibility index (Phi) is 11.8. The smallest absolute Gasteiger partial charge is 0.245 e. The second-order valence-corrected chi connectivity index (χ2v) is 7.53. The van der Waals surface area contributed by atoms with Crippen molar-refractivity contribution >= 4 is 35.1 Å². The van der Waals surface area contributed by atoms with Gasteiger partial charge in [0.2, 0.25) is 5.91 Å². The summed E-state index contributed by atoms with van der Waals surface area (Å²) in [5, 5.41) is 6.18. The summed E-state index contributed by atoms with van der Waals surface area (Å²) in [4.78, 5) is 22.3. The Labute approximate surface area is 153 Å². The second kappa shape index (κ2) is 13.1. The van der Waals surface area contributed by atoms with Gasteiger partial charge in [-0.2, -0.15) is 0 Å². The highest BCUT2D eigenvalue weighted by Crippen LogP contribution is 2.21. The minimum Gasteiger partial charge on any atom is -0.375 e. The molecule has 1 saturated heterocycles. The van der Waals surface area contributed by atoms with Gasteiger partial charge in [0.25, 0.3) is 0 Å². The molecule has 0 aromatic carbocycles. The molecule has 0 aromatic rings. The molecular formula is C16H30IN3O3. The van der Waals surface area contributed by atoms with Gasteiger partial charge in [-0.3, -0.25) is 4.79 Å². The molecule has 2 N–H and O–H groups in total. The zero-order valence-electron chi connectivity index (χ0n) is 14.1. The summed E-state index contributed by atoms with van der Waals surface area (Å²) in [6.07, 6.45) is 6.40. The van der Waals surface area contributed by atoms with Crippen LogP contribution in [0, 0.1) is 11.8 Å². The summed E-state index contributed by atoms with van der Waals surface area (Å²) in [5.74, 6) is 0.746. The van der Waals surface area contributed by atoms with E-state index < -0.39 is 0 Å². The monoisotopic (exact) mass is 439 g/mol. The van der Waals surface area contributed by atoms with Gasteiger partial charge in [0.05, 0.1) is 0 Å². The van der Waals surface area contributed by atoms with Gasteiger partial charge in [-0.25, -0.2) is 3.11 Å². The maximum Gasteiger partial charge on any atom is 0.245 e. The van der Waals surface area contributed by atoms with Gasteiger partial charge in [-0.15, -0.1) is 0 Å². The van der Waals surface area contributed by atoms with Gasteiger partial charge in [-0.1, -0.05) is 0 Å². The lowest BCUT2D eigenvalue weighted by atomic mass is 9.94. The normalized spacial score (nSPS) is 17.8. The Morgan fingerprint density at radius 3 is 2.78 bits per heavy atom. The Balaban J connectivity index is 2.00. The van der Waals surface area contributed by atoms with E-state index in [4.69, 9.17) is 4.74 Å². The van der Waals surface area contributed by atoms with Crippen molar-refractivity contribution in [3.63, 3.8) is 0 Å². The Bertz CT molecular complexity index is 337. The molecule has 134 valence electrons. The predicted octanol–water partition coefficient (Wildman–Crippen LogP) is 1.39. The molecule has 1 fully saturated rings. The van der Waals surface area contributed by atoms with E-state index in [0.29, 0.717) is 6.54 Å². The lowest BCUT2D eigenvalue weighted by molar-refractivity contribution is -0.124. The van der Waals surface area contributed by atoms with Crippen molar-refractivity contribution in [2.75, 3.05) is 46.4 Å². The average molecular weight is 439 g/mol. The first-order valence-electron chi connectivity index (χ1n) is 8.48. The number of methoxy groups -OCH3 is 1. The van der Waals surface area contributed by atoms with Crippen LogP contribution in [-0.2, 0) is 14.3 Å². The zero-order valence-corrected chi connectivity index (χ0v) is 16.2. The SMILES string of the molecule is COCC(=O)NCCCC(C=O)CNCCC1CCN(I)CC1. The highest BCUT2D eigenvalue weighted by molar-refractivity contribution is 14.1. The van der Waals surface area contributed by atoms with Crippen molar-refractivity contribution < 1.29 is 14.3 Å². The molecule has 6 nitrogen and oxygen atoms in total. The summed E-state index contributed by atoms with van der Waals surface area (Å²) >= 11 is 2.40. The van der Waals surface area contributed by atoms with E-state index in [1.165, 1.54) is 39.5 Å². The zero-order chi connectivity index (χ0) is 16.9. The van der Waals surface area contributed by atoms with Crippen LogP contribution in [0.2, 0.25) is 0 Å². The summed E-state index contributed by atoms with van der Waals surface area (Å²) in [6.45, 7) is 4.80. The number of ether oxygens (including phenoxy) is 1. The van der Waals surface area contributed by atoms with Crippen LogP contribution in [0.4, 0.5) is 0 Å². The van der Waals surface area contributed by atoms with Crippen molar-refractivity contribution in [1.29, 1.82) is 0 Å². The van der Waals surface area contributed by atoms with E-state index in [0.717, 1.165) is 38.1 Å². The first-order chi connectivity index (χ1) is 11.2. The molecule has 0 aliphatic carbocycles. The van der Waals surface area contributed by atoms with Crippen molar-refractivity contribution in [3.05, 3.63) is 0 Å². The van der Waals surface area contributed by atoms with Crippen LogP contribution in [0.5, 0.6) is 0 Å². The molecule has 0 spiro atoms. The molecular weight excluding hydrogens is 409 g/mol. The third-order valence-corrected chi connectivity index (χ3v) is 5.20. The Hall–Kier alpha value is -0.250. The van der Waals surface area contributed by atoms with E-state index in [1.807, 2.05) is 0 Å². The first kappa shape index (κ1) is 20.8. The topological polar surface area (TPSA) is 70.7 Å². The minimum atomic E-state index is -0.106. The number of nitrogens with zero attached hydrogens (tertiary/aromatic N) is 1. The molecule has 23 heavy (non-hydrogen) atoms. The molecule has 1 aliphatic rings. The number of carbonyl (C=O) groups is 2. The van der Waals surface area contributed by atoms with Crippen LogP contribution in [0.3, 0.4) is 0 Å². The molecule has 0 aromatic heterocycles. The number of nitrogens with one attached hydrogen (secondary N) is 2. The lowest BCUT2D eigenvalue weighted by Crippen LogP contribution is -2.31. The minimum absolute atomic E-state index is 0.0329. The number of piperidine rings is 1. The molecule has 1 amide bonds. The highest BCUT2D eigenvalue weighted by Gasteiger charge is 2.17. The van der Waals surface area contributed by atoms with Crippen molar-refractivity contribution in [2.45, 2.75) is 32.1 Å². The third kappa shape index (κ3) is 10.3. The Morgan fingerprint density at radius 2 is 2.13 bits per heavy atom. The van der Waals surface area contributed by atoms with E-state index in [2.05, 4.69) is 36.6 Å². The number of aldehydes is 1. The fourth-order valence-electron chi connectivity index (χ4n) is 2.78. The van der Waals surface area contributed by atoms with Gasteiger partial charge < -0.3 is 20.2 Å². The number of amides is 1. The molecule has 7 heteroatoms. The summed E-state index contributed by atoms with van der Waals surface area (Å²) in [5.41, 5.74) is 0.